The lowest BCUT2D eigenvalue weighted by atomic mass is 10.0. The van der Waals surface area contributed by atoms with Crippen LogP contribution in [0, 0.1) is 17.8 Å². The summed E-state index contributed by atoms with van der Waals surface area (Å²) < 4.78 is 0. The summed E-state index contributed by atoms with van der Waals surface area (Å²) in [4.78, 5) is 14.4. The van der Waals surface area contributed by atoms with Crippen molar-refractivity contribution in [3.63, 3.8) is 0 Å². The van der Waals surface area contributed by atoms with Gasteiger partial charge in [-0.15, -0.1) is 0 Å². The Labute approximate surface area is 119 Å². The summed E-state index contributed by atoms with van der Waals surface area (Å²) in [5.74, 6) is 1.84. The highest BCUT2D eigenvalue weighted by atomic mass is 16.2. The standard InChI is InChI=1S/C16H34N2O/c1-12(2)7-9-18(10-8-13(3)4)16(19)15(17)11-14(5)6/h12-15H,7-11,17H2,1-6H3/t15-/m1/s1. The number of rotatable bonds is 9. The van der Waals surface area contributed by atoms with Crippen LogP contribution in [0.3, 0.4) is 0 Å². The Morgan fingerprint density at radius 1 is 0.895 bits per heavy atom. The molecule has 0 spiro atoms. The summed E-state index contributed by atoms with van der Waals surface area (Å²) in [5, 5.41) is 0. The van der Waals surface area contributed by atoms with Gasteiger partial charge in [-0.05, 0) is 37.0 Å². The number of carbonyl (C=O) groups excluding carboxylic acids is 1. The molecule has 0 unspecified atom stereocenters. The van der Waals surface area contributed by atoms with Crippen molar-refractivity contribution in [2.75, 3.05) is 13.1 Å². The maximum Gasteiger partial charge on any atom is 0.239 e. The molecule has 0 fully saturated rings. The predicted octanol–water partition coefficient (Wildman–Crippen LogP) is 3.28. The van der Waals surface area contributed by atoms with Crippen LogP contribution >= 0.6 is 0 Å². The molecule has 1 atom stereocenters. The molecular weight excluding hydrogens is 236 g/mol. The fourth-order valence-corrected chi connectivity index (χ4v) is 2.00. The second kappa shape index (κ2) is 9.35. The highest BCUT2D eigenvalue weighted by molar-refractivity contribution is 5.81. The van der Waals surface area contributed by atoms with E-state index >= 15 is 0 Å². The maximum atomic E-state index is 12.4. The quantitative estimate of drug-likeness (QED) is 0.699. The topological polar surface area (TPSA) is 46.3 Å². The van der Waals surface area contributed by atoms with E-state index < -0.39 is 0 Å². The Hall–Kier alpha value is -0.570. The minimum absolute atomic E-state index is 0.134. The van der Waals surface area contributed by atoms with Crippen LogP contribution in [0.25, 0.3) is 0 Å². The zero-order valence-electron chi connectivity index (χ0n) is 13.8. The Bertz CT molecular complexity index is 237. The Balaban J connectivity index is 4.47. The lowest BCUT2D eigenvalue weighted by molar-refractivity contribution is -0.133. The molecule has 0 saturated carbocycles. The van der Waals surface area contributed by atoms with Crippen LogP contribution in [-0.4, -0.2) is 29.9 Å². The van der Waals surface area contributed by atoms with Gasteiger partial charge in [-0.25, -0.2) is 0 Å². The first kappa shape index (κ1) is 18.4. The monoisotopic (exact) mass is 270 g/mol. The van der Waals surface area contributed by atoms with Crippen LogP contribution in [0.2, 0.25) is 0 Å². The van der Waals surface area contributed by atoms with E-state index in [4.69, 9.17) is 5.73 Å². The third-order valence-corrected chi connectivity index (χ3v) is 3.31. The molecule has 0 saturated heterocycles. The van der Waals surface area contributed by atoms with Crippen molar-refractivity contribution < 1.29 is 4.79 Å². The number of hydrogen-bond donors (Lipinski definition) is 1. The van der Waals surface area contributed by atoms with Crippen LogP contribution in [0.5, 0.6) is 0 Å². The van der Waals surface area contributed by atoms with E-state index in [0.717, 1.165) is 32.4 Å². The molecule has 0 aromatic rings. The van der Waals surface area contributed by atoms with Gasteiger partial charge in [0.15, 0.2) is 0 Å². The normalized spacial score (nSPS) is 13.4. The molecule has 3 nitrogen and oxygen atoms in total. The number of nitrogens with zero attached hydrogens (tertiary/aromatic N) is 1. The Morgan fingerprint density at radius 2 is 1.32 bits per heavy atom. The van der Waals surface area contributed by atoms with Gasteiger partial charge in [-0.2, -0.15) is 0 Å². The molecule has 0 aromatic carbocycles. The third kappa shape index (κ3) is 9.04. The minimum atomic E-state index is -0.334. The highest BCUT2D eigenvalue weighted by Crippen LogP contribution is 2.11. The maximum absolute atomic E-state index is 12.4. The van der Waals surface area contributed by atoms with Gasteiger partial charge in [0.25, 0.3) is 0 Å². The molecular formula is C16H34N2O. The van der Waals surface area contributed by atoms with Crippen LogP contribution in [-0.2, 0) is 4.79 Å². The number of hydrogen-bond acceptors (Lipinski definition) is 2. The summed E-state index contributed by atoms with van der Waals surface area (Å²) in [6, 6.07) is -0.334. The van der Waals surface area contributed by atoms with Gasteiger partial charge in [0.05, 0.1) is 6.04 Å². The molecule has 1 amide bonds. The van der Waals surface area contributed by atoms with E-state index in [2.05, 4.69) is 41.5 Å². The second-order valence-corrected chi connectivity index (χ2v) is 6.93. The fourth-order valence-electron chi connectivity index (χ4n) is 2.00. The molecule has 0 aliphatic carbocycles. The molecule has 114 valence electrons. The average Bonchev–Trinajstić information content (AvgIpc) is 2.26. The van der Waals surface area contributed by atoms with Crippen molar-refractivity contribution in [3.05, 3.63) is 0 Å². The van der Waals surface area contributed by atoms with Crippen LogP contribution < -0.4 is 5.73 Å². The molecule has 19 heavy (non-hydrogen) atoms. The van der Waals surface area contributed by atoms with E-state index in [1.54, 1.807) is 0 Å². The molecule has 0 aromatic heterocycles. The summed E-state index contributed by atoms with van der Waals surface area (Å²) >= 11 is 0. The SMILES string of the molecule is CC(C)CCN(CCC(C)C)C(=O)[C@H](N)CC(C)C. The summed E-state index contributed by atoms with van der Waals surface area (Å²) in [6.07, 6.45) is 2.88. The zero-order chi connectivity index (χ0) is 15.0. The average molecular weight is 270 g/mol. The predicted molar refractivity (Wildman–Crippen MR) is 82.9 cm³/mol. The van der Waals surface area contributed by atoms with E-state index in [9.17, 15) is 4.79 Å². The van der Waals surface area contributed by atoms with Crippen molar-refractivity contribution in [2.24, 2.45) is 23.5 Å². The molecule has 0 aliphatic rings. The van der Waals surface area contributed by atoms with Gasteiger partial charge in [0, 0.05) is 13.1 Å². The van der Waals surface area contributed by atoms with Crippen molar-refractivity contribution in [1.29, 1.82) is 0 Å². The lowest BCUT2D eigenvalue weighted by Crippen LogP contribution is -2.45. The first-order valence-electron chi connectivity index (χ1n) is 7.78. The van der Waals surface area contributed by atoms with Crippen molar-refractivity contribution >= 4 is 5.91 Å². The first-order chi connectivity index (χ1) is 8.73. The summed E-state index contributed by atoms with van der Waals surface area (Å²) in [5.41, 5.74) is 6.04. The van der Waals surface area contributed by atoms with Crippen molar-refractivity contribution in [1.82, 2.24) is 4.90 Å². The number of carbonyl (C=O) groups is 1. The summed E-state index contributed by atoms with van der Waals surface area (Å²) in [7, 11) is 0. The molecule has 2 N–H and O–H groups in total. The van der Waals surface area contributed by atoms with Gasteiger partial charge in [0.2, 0.25) is 5.91 Å². The van der Waals surface area contributed by atoms with Crippen molar-refractivity contribution in [3.8, 4) is 0 Å². The largest absolute Gasteiger partial charge is 0.341 e. The number of nitrogens with two attached hydrogens (primary N) is 1. The van der Waals surface area contributed by atoms with Crippen LogP contribution in [0.4, 0.5) is 0 Å². The van der Waals surface area contributed by atoms with Crippen LogP contribution in [0.1, 0.15) is 60.8 Å². The van der Waals surface area contributed by atoms with Gasteiger partial charge in [-0.3, -0.25) is 4.79 Å². The third-order valence-electron chi connectivity index (χ3n) is 3.31. The van der Waals surface area contributed by atoms with Gasteiger partial charge in [-0.1, -0.05) is 41.5 Å². The molecule has 0 rings (SSSR count). The van der Waals surface area contributed by atoms with Gasteiger partial charge >= 0.3 is 0 Å². The van der Waals surface area contributed by atoms with E-state index in [0.29, 0.717) is 17.8 Å². The van der Waals surface area contributed by atoms with E-state index in [-0.39, 0.29) is 11.9 Å². The number of amides is 1. The fraction of sp³-hybridized carbons (Fsp3) is 0.938. The van der Waals surface area contributed by atoms with Crippen LogP contribution in [0.15, 0.2) is 0 Å². The smallest absolute Gasteiger partial charge is 0.239 e. The molecule has 0 heterocycles. The molecule has 0 radical (unpaired) electrons. The highest BCUT2D eigenvalue weighted by Gasteiger charge is 2.21. The molecule has 3 heteroatoms. The van der Waals surface area contributed by atoms with Crippen molar-refractivity contribution in [2.45, 2.75) is 66.8 Å². The van der Waals surface area contributed by atoms with Gasteiger partial charge in [0.1, 0.15) is 0 Å². The zero-order valence-corrected chi connectivity index (χ0v) is 13.8. The molecule has 0 aliphatic heterocycles. The first-order valence-corrected chi connectivity index (χ1v) is 7.78. The summed E-state index contributed by atoms with van der Waals surface area (Å²) in [6.45, 7) is 14.7. The Morgan fingerprint density at radius 3 is 1.63 bits per heavy atom. The van der Waals surface area contributed by atoms with E-state index in [1.165, 1.54) is 0 Å². The second-order valence-electron chi connectivity index (χ2n) is 6.93. The lowest BCUT2D eigenvalue weighted by Gasteiger charge is -2.27. The molecule has 0 bridgehead atoms. The van der Waals surface area contributed by atoms with E-state index in [1.807, 2.05) is 4.90 Å². The van der Waals surface area contributed by atoms with Gasteiger partial charge < -0.3 is 10.6 Å². The minimum Gasteiger partial charge on any atom is -0.341 e. The Kier molecular flexibility index (Phi) is 9.07.